The number of hydrogen-bond acceptors (Lipinski definition) is 4. The minimum absolute atomic E-state index is 0.191. The molecule has 1 aromatic carbocycles. The maximum absolute atomic E-state index is 13.0. The van der Waals surface area contributed by atoms with Gasteiger partial charge in [0.25, 0.3) is 5.56 Å². The number of rotatable bonds is 4. The number of alkyl halides is 3. The lowest BCUT2D eigenvalue weighted by molar-refractivity contribution is -0.137. The third kappa shape index (κ3) is 3.83. The van der Waals surface area contributed by atoms with Gasteiger partial charge in [0.15, 0.2) is 11.2 Å². The highest BCUT2D eigenvalue weighted by atomic mass is 19.4. The highest BCUT2D eigenvalue weighted by molar-refractivity contribution is 5.77. The fraction of sp³-hybridized carbons (Fsp3) is 0.217. The molecule has 0 amide bonds. The zero-order valence-electron chi connectivity index (χ0n) is 18.0. The number of aryl methyl sites for hydroxylation is 1. The van der Waals surface area contributed by atoms with Crippen LogP contribution in [0.3, 0.4) is 0 Å². The number of aromatic nitrogens is 7. The van der Waals surface area contributed by atoms with E-state index in [1.165, 1.54) is 12.1 Å². The van der Waals surface area contributed by atoms with Gasteiger partial charge in [0, 0.05) is 30.7 Å². The van der Waals surface area contributed by atoms with Gasteiger partial charge in [-0.2, -0.15) is 18.3 Å². The molecule has 4 aromatic heterocycles. The molecule has 0 aliphatic carbocycles. The van der Waals surface area contributed by atoms with Crippen molar-refractivity contribution in [2.75, 3.05) is 0 Å². The topological polar surface area (TPSA) is 85.8 Å². The minimum atomic E-state index is -4.37. The molecular weight excluding hydrogens is 447 g/mol. The monoisotopic (exact) mass is 465 g/mol. The highest BCUT2D eigenvalue weighted by Crippen LogP contribution is 2.29. The molecule has 0 radical (unpaired) electrons. The summed E-state index contributed by atoms with van der Waals surface area (Å²) in [5.74, 6) is 6.74. The average molecular weight is 465 g/mol. The van der Waals surface area contributed by atoms with Crippen LogP contribution in [-0.2, 0) is 19.3 Å². The maximum Gasteiger partial charge on any atom is 0.416 e. The normalized spacial score (nSPS) is 11.8. The second-order valence-electron chi connectivity index (χ2n) is 7.64. The standard InChI is InChI=1S/C23H18F3N7O/c1-2-10-33-21(34)18-20(32-12-9-27-22(32)33)30-19(29-18)16-13-28-31(14-16)11-3-4-15-5-7-17(8-6-15)23(24,25)26/h5-9,12-14H,2,10-11H2,1H3,(H,29,30). The van der Waals surface area contributed by atoms with Crippen LogP contribution in [0.1, 0.15) is 24.5 Å². The molecule has 1 N–H and O–H groups in total. The fourth-order valence-corrected chi connectivity index (χ4v) is 3.67. The Hall–Kier alpha value is -4.33. The number of nitrogens with zero attached hydrogens (tertiary/aromatic N) is 6. The second kappa shape index (κ2) is 8.22. The number of aromatic amines is 1. The lowest BCUT2D eigenvalue weighted by atomic mass is 10.1. The molecule has 4 heterocycles. The largest absolute Gasteiger partial charge is 0.416 e. The van der Waals surface area contributed by atoms with Gasteiger partial charge in [-0.1, -0.05) is 18.8 Å². The number of nitrogens with one attached hydrogen (secondary N) is 1. The van der Waals surface area contributed by atoms with Gasteiger partial charge in [0.1, 0.15) is 12.4 Å². The van der Waals surface area contributed by atoms with Crippen LogP contribution in [0.15, 0.2) is 53.8 Å². The van der Waals surface area contributed by atoms with Crippen molar-refractivity contribution in [1.29, 1.82) is 0 Å². The van der Waals surface area contributed by atoms with E-state index >= 15 is 0 Å². The first-order valence-electron chi connectivity index (χ1n) is 10.5. The zero-order chi connectivity index (χ0) is 23.9. The second-order valence-corrected chi connectivity index (χ2v) is 7.64. The SMILES string of the molecule is CCCn1c(=O)c2[nH]c(-c3cnn(CC#Cc4ccc(C(F)(F)F)cc4)c3)nc2n2ccnc12. The summed E-state index contributed by atoms with van der Waals surface area (Å²) in [6.07, 6.45) is 3.13. The molecule has 34 heavy (non-hydrogen) atoms. The molecule has 0 unspecified atom stereocenters. The summed E-state index contributed by atoms with van der Waals surface area (Å²) in [6.45, 7) is 2.76. The van der Waals surface area contributed by atoms with Crippen molar-refractivity contribution in [3.05, 3.63) is 70.5 Å². The molecule has 0 saturated heterocycles. The number of fused-ring (bicyclic) bond motifs is 3. The summed E-state index contributed by atoms with van der Waals surface area (Å²) in [6, 6.07) is 4.68. The Bertz CT molecular complexity index is 1610. The molecule has 5 aromatic rings. The van der Waals surface area contributed by atoms with Crippen molar-refractivity contribution in [3.8, 4) is 23.2 Å². The lowest BCUT2D eigenvalue weighted by Crippen LogP contribution is -2.23. The first-order valence-corrected chi connectivity index (χ1v) is 10.5. The van der Waals surface area contributed by atoms with E-state index in [0.717, 1.165) is 18.6 Å². The van der Waals surface area contributed by atoms with Crippen LogP contribution >= 0.6 is 0 Å². The maximum atomic E-state index is 13.0. The number of imidazole rings is 2. The zero-order valence-corrected chi connectivity index (χ0v) is 18.0. The molecule has 0 atom stereocenters. The van der Waals surface area contributed by atoms with Crippen molar-refractivity contribution in [1.82, 2.24) is 33.7 Å². The van der Waals surface area contributed by atoms with Gasteiger partial charge < -0.3 is 4.98 Å². The molecule has 0 fully saturated rings. The Morgan fingerprint density at radius 1 is 1.18 bits per heavy atom. The molecule has 0 aliphatic heterocycles. The van der Waals surface area contributed by atoms with E-state index in [9.17, 15) is 18.0 Å². The van der Waals surface area contributed by atoms with Crippen LogP contribution in [-0.4, -0.2) is 33.7 Å². The smallest absolute Gasteiger partial charge is 0.332 e. The third-order valence-corrected chi connectivity index (χ3v) is 5.27. The lowest BCUT2D eigenvalue weighted by Gasteiger charge is -2.05. The molecular formula is C23H18F3N7O. The third-order valence-electron chi connectivity index (χ3n) is 5.27. The number of hydrogen-bond donors (Lipinski definition) is 1. The van der Waals surface area contributed by atoms with Crippen LogP contribution in [0.5, 0.6) is 0 Å². The Morgan fingerprint density at radius 2 is 1.97 bits per heavy atom. The summed E-state index contributed by atoms with van der Waals surface area (Å²) >= 11 is 0. The van der Waals surface area contributed by atoms with Crippen LogP contribution in [0.25, 0.3) is 28.3 Å². The first-order chi connectivity index (χ1) is 16.3. The first kappa shape index (κ1) is 21.5. The number of halogens is 3. The fourth-order valence-electron chi connectivity index (χ4n) is 3.67. The average Bonchev–Trinajstić information content (AvgIpc) is 3.55. The van der Waals surface area contributed by atoms with Crippen LogP contribution in [0.2, 0.25) is 0 Å². The predicted octanol–water partition coefficient (Wildman–Crippen LogP) is 3.72. The number of benzene rings is 1. The summed E-state index contributed by atoms with van der Waals surface area (Å²) < 4.78 is 43.0. The van der Waals surface area contributed by atoms with E-state index in [1.54, 1.807) is 38.4 Å². The number of H-pyrrole nitrogens is 1. The van der Waals surface area contributed by atoms with Gasteiger partial charge in [0.05, 0.1) is 17.3 Å². The van der Waals surface area contributed by atoms with Gasteiger partial charge in [-0.3, -0.25) is 18.4 Å². The molecule has 5 rings (SSSR count). The van der Waals surface area contributed by atoms with E-state index < -0.39 is 11.7 Å². The molecule has 0 spiro atoms. The summed E-state index contributed by atoms with van der Waals surface area (Å²) in [5, 5.41) is 4.27. The van der Waals surface area contributed by atoms with Gasteiger partial charge in [0.2, 0.25) is 5.78 Å². The Labute approximate surface area is 190 Å². The van der Waals surface area contributed by atoms with E-state index in [-0.39, 0.29) is 12.1 Å². The van der Waals surface area contributed by atoms with Crippen LogP contribution < -0.4 is 5.56 Å². The van der Waals surface area contributed by atoms with Crippen molar-refractivity contribution < 1.29 is 13.2 Å². The molecule has 0 bridgehead atoms. The van der Waals surface area contributed by atoms with Gasteiger partial charge in [-0.25, -0.2) is 9.97 Å². The molecule has 0 saturated carbocycles. The van der Waals surface area contributed by atoms with Crippen molar-refractivity contribution >= 4 is 16.9 Å². The van der Waals surface area contributed by atoms with Crippen LogP contribution in [0, 0.1) is 11.8 Å². The predicted molar refractivity (Wildman–Crippen MR) is 119 cm³/mol. The summed E-state index contributed by atoms with van der Waals surface area (Å²) in [4.78, 5) is 25.0. The van der Waals surface area contributed by atoms with E-state index in [2.05, 4.69) is 31.9 Å². The van der Waals surface area contributed by atoms with Gasteiger partial charge >= 0.3 is 6.18 Å². The van der Waals surface area contributed by atoms with Crippen molar-refractivity contribution in [3.63, 3.8) is 0 Å². The van der Waals surface area contributed by atoms with Crippen molar-refractivity contribution in [2.24, 2.45) is 0 Å². The quantitative estimate of drug-likeness (QED) is 0.410. The molecule has 0 aliphatic rings. The van der Waals surface area contributed by atoms with Crippen molar-refractivity contribution in [2.45, 2.75) is 32.6 Å². The van der Waals surface area contributed by atoms with E-state index in [4.69, 9.17) is 0 Å². The summed E-state index contributed by atoms with van der Waals surface area (Å²) in [7, 11) is 0. The molecule has 11 heteroatoms. The van der Waals surface area contributed by atoms with Gasteiger partial charge in [-0.05, 0) is 30.7 Å². The van der Waals surface area contributed by atoms with Gasteiger partial charge in [-0.15, -0.1) is 0 Å². The van der Waals surface area contributed by atoms with E-state index in [1.807, 2.05) is 6.92 Å². The molecule has 8 nitrogen and oxygen atoms in total. The highest BCUT2D eigenvalue weighted by Gasteiger charge is 2.29. The Balaban J connectivity index is 1.40. The minimum Gasteiger partial charge on any atom is -0.332 e. The van der Waals surface area contributed by atoms with E-state index in [0.29, 0.717) is 40.4 Å². The molecule has 172 valence electrons. The Morgan fingerprint density at radius 3 is 2.71 bits per heavy atom. The Kier molecular flexibility index (Phi) is 5.20. The summed E-state index contributed by atoms with van der Waals surface area (Å²) in [5.41, 5.74) is 1.10. The van der Waals surface area contributed by atoms with Crippen LogP contribution in [0.4, 0.5) is 13.2 Å².